The third-order valence-electron chi connectivity index (χ3n) is 4.22. The van der Waals surface area contributed by atoms with Crippen LogP contribution in [0.3, 0.4) is 0 Å². The number of hydrogen-bond donors (Lipinski definition) is 1. The molecule has 3 rings (SSSR count). The first kappa shape index (κ1) is 15.7. The first-order chi connectivity index (χ1) is 11.0. The molecule has 1 atom stereocenters. The van der Waals surface area contributed by atoms with Gasteiger partial charge in [-0.1, -0.05) is 17.7 Å². The molecule has 1 aliphatic heterocycles. The molecule has 1 aromatic carbocycles. The SMILES string of the molecule is Cc1nccc(C(=O)N2CCC(c3cc(C)c(Cl)cc3O)C2)n1. The maximum absolute atomic E-state index is 12.5. The summed E-state index contributed by atoms with van der Waals surface area (Å²) in [6, 6.07) is 5.11. The second-order valence-electron chi connectivity index (χ2n) is 5.89. The van der Waals surface area contributed by atoms with Gasteiger partial charge in [-0.15, -0.1) is 0 Å². The molecule has 1 amide bonds. The number of aromatic nitrogens is 2. The Kier molecular flexibility index (Phi) is 4.22. The second-order valence-corrected chi connectivity index (χ2v) is 6.29. The normalized spacial score (nSPS) is 17.5. The number of carbonyl (C=O) groups is 1. The van der Waals surface area contributed by atoms with Gasteiger partial charge in [-0.3, -0.25) is 4.79 Å². The predicted octanol–water partition coefficient (Wildman–Crippen LogP) is 3.08. The van der Waals surface area contributed by atoms with Gasteiger partial charge >= 0.3 is 0 Å². The van der Waals surface area contributed by atoms with Crippen molar-refractivity contribution < 1.29 is 9.90 Å². The number of amides is 1. The van der Waals surface area contributed by atoms with Crippen molar-refractivity contribution in [1.29, 1.82) is 0 Å². The maximum Gasteiger partial charge on any atom is 0.272 e. The molecule has 1 fully saturated rings. The highest BCUT2D eigenvalue weighted by Crippen LogP contribution is 2.36. The number of hydrogen-bond acceptors (Lipinski definition) is 4. The highest BCUT2D eigenvalue weighted by molar-refractivity contribution is 6.31. The van der Waals surface area contributed by atoms with Crippen LogP contribution in [0.4, 0.5) is 0 Å². The zero-order valence-electron chi connectivity index (χ0n) is 13.1. The summed E-state index contributed by atoms with van der Waals surface area (Å²) in [6.07, 6.45) is 2.40. The summed E-state index contributed by atoms with van der Waals surface area (Å²) in [7, 11) is 0. The van der Waals surface area contributed by atoms with Crippen LogP contribution in [0.15, 0.2) is 24.4 Å². The van der Waals surface area contributed by atoms with Crippen molar-refractivity contribution in [3.8, 4) is 5.75 Å². The Morgan fingerprint density at radius 2 is 2.17 bits per heavy atom. The van der Waals surface area contributed by atoms with E-state index in [1.54, 1.807) is 30.2 Å². The molecule has 120 valence electrons. The van der Waals surface area contributed by atoms with Crippen molar-refractivity contribution in [2.45, 2.75) is 26.2 Å². The first-order valence-electron chi connectivity index (χ1n) is 7.53. The van der Waals surface area contributed by atoms with Gasteiger partial charge in [-0.25, -0.2) is 9.97 Å². The lowest BCUT2D eigenvalue weighted by Crippen LogP contribution is -2.29. The fourth-order valence-corrected chi connectivity index (χ4v) is 3.11. The highest BCUT2D eigenvalue weighted by atomic mass is 35.5. The Balaban J connectivity index is 1.79. The summed E-state index contributed by atoms with van der Waals surface area (Å²) in [6.45, 7) is 4.88. The minimum Gasteiger partial charge on any atom is -0.508 e. The van der Waals surface area contributed by atoms with Gasteiger partial charge in [-0.05, 0) is 43.5 Å². The molecule has 0 saturated carbocycles. The monoisotopic (exact) mass is 331 g/mol. The fraction of sp³-hybridized carbons (Fsp3) is 0.353. The lowest BCUT2D eigenvalue weighted by atomic mass is 9.96. The van der Waals surface area contributed by atoms with E-state index in [-0.39, 0.29) is 17.6 Å². The van der Waals surface area contributed by atoms with Crippen LogP contribution in [0.2, 0.25) is 5.02 Å². The van der Waals surface area contributed by atoms with E-state index in [1.807, 2.05) is 13.0 Å². The van der Waals surface area contributed by atoms with Crippen LogP contribution in [0.1, 0.15) is 39.8 Å². The summed E-state index contributed by atoms with van der Waals surface area (Å²) in [5, 5.41) is 10.7. The summed E-state index contributed by atoms with van der Waals surface area (Å²) >= 11 is 6.03. The molecule has 0 bridgehead atoms. The molecular weight excluding hydrogens is 314 g/mol. The molecule has 2 aromatic rings. The molecule has 23 heavy (non-hydrogen) atoms. The minimum absolute atomic E-state index is 0.0943. The average Bonchev–Trinajstić information content (AvgIpc) is 3.00. The van der Waals surface area contributed by atoms with Gasteiger partial charge < -0.3 is 10.0 Å². The smallest absolute Gasteiger partial charge is 0.272 e. The lowest BCUT2D eigenvalue weighted by Gasteiger charge is -2.17. The molecule has 1 unspecified atom stereocenters. The number of nitrogens with zero attached hydrogens (tertiary/aromatic N) is 3. The third-order valence-corrected chi connectivity index (χ3v) is 4.63. The quantitative estimate of drug-likeness (QED) is 0.918. The summed E-state index contributed by atoms with van der Waals surface area (Å²) in [5.74, 6) is 0.788. The Labute approximate surface area is 139 Å². The fourth-order valence-electron chi connectivity index (χ4n) is 2.96. The van der Waals surface area contributed by atoms with Crippen LogP contribution in [-0.4, -0.2) is 39.0 Å². The van der Waals surface area contributed by atoms with E-state index in [0.717, 1.165) is 17.5 Å². The zero-order valence-corrected chi connectivity index (χ0v) is 13.8. The average molecular weight is 332 g/mol. The number of aromatic hydroxyl groups is 1. The highest BCUT2D eigenvalue weighted by Gasteiger charge is 2.30. The number of benzene rings is 1. The molecule has 0 aliphatic carbocycles. The van der Waals surface area contributed by atoms with Gasteiger partial charge in [0.25, 0.3) is 5.91 Å². The van der Waals surface area contributed by atoms with Gasteiger partial charge in [0.1, 0.15) is 17.3 Å². The summed E-state index contributed by atoms with van der Waals surface area (Å²) in [5.41, 5.74) is 2.19. The molecule has 1 aliphatic rings. The minimum atomic E-state index is -0.0943. The van der Waals surface area contributed by atoms with Crippen molar-refractivity contribution in [3.63, 3.8) is 0 Å². The van der Waals surface area contributed by atoms with Crippen LogP contribution < -0.4 is 0 Å². The van der Waals surface area contributed by atoms with E-state index < -0.39 is 0 Å². The van der Waals surface area contributed by atoms with Gasteiger partial charge in [0.15, 0.2) is 0 Å². The molecular formula is C17H18ClN3O2. The van der Waals surface area contributed by atoms with Crippen molar-refractivity contribution in [3.05, 3.63) is 52.1 Å². The summed E-state index contributed by atoms with van der Waals surface area (Å²) in [4.78, 5) is 22.5. The maximum atomic E-state index is 12.5. The van der Waals surface area contributed by atoms with Crippen LogP contribution in [0, 0.1) is 13.8 Å². The Bertz CT molecular complexity index is 763. The lowest BCUT2D eigenvalue weighted by molar-refractivity contribution is 0.0784. The van der Waals surface area contributed by atoms with Crippen LogP contribution in [0.5, 0.6) is 5.75 Å². The largest absolute Gasteiger partial charge is 0.508 e. The van der Waals surface area contributed by atoms with Gasteiger partial charge in [-0.2, -0.15) is 0 Å². The van der Waals surface area contributed by atoms with E-state index in [4.69, 9.17) is 11.6 Å². The van der Waals surface area contributed by atoms with Crippen LogP contribution >= 0.6 is 11.6 Å². The topological polar surface area (TPSA) is 66.3 Å². The third kappa shape index (κ3) is 3.15. The molecule has 1 N–H and O–H groups in total. The number of halogens is 1. The van der Waals surface area contributed by atoms with E-state index >= 15 is 0 Å². The van der Waals surface area contributed by atoms with E-state index in [1.165, 1.54) is 0 Å². The van der Waals surface area contributed by atoms with Crippen molar-refractivity contribution in [1.82, 2.24) is 14.9 Å². The van der Waals surface area contributed by atoms with E-state index in [2.05, 4.69) is 9.97 Å². The number of rotatable bonds is 2. The van der Waals surface area contributed by atoms with E-state index in [9.17, 15) is 9.90 Å². The molecule has 0 spiro atoms. The number of phenols is 1. The standard InChI is InChI=1S/C17H18ClN3O2/c1-10-7-13(16(22)8-14(10)18)12-4-6-21(9-12)17(23)15-3-5-19-11(2)20-15/h3,5,7-8,12,22H,4,6,9H2,1-2H3. The van der Waals surface area contributed by atoms with Crippen LogP contribution in [0.25, 0.3) is 0 Å². The van der Waals surface area contributed by atoms with Crippen molar-refractivity contribution in [2.75, 3.05) is 13.1 Å². The van der Waals surface area contributed by atoms with Gasteiger partial charge in [0, 0.05) is 30.2 Å². The zero-order chi connectivity index (χ0) is 16.6. The number of carbonyl (C=O) groups excluding carboxylic acids is 1. The molecule has 0 radical (unpaired) electrons. The number of likely N-dealkylation sites (tertiary alicyclic amines) is 1. The molecule has 2 heterocycles. The summed E-state index contributed by atoms with van der Waals surface area (Å²) < 4.78 is 0. The van der Waals surface area contributed by atoms with E-state index in [0.29, 0.717) is 29.6 Å². The Morgan fingerprint density at radius 3 is 2.91 bits per heavy atom. The Hall–Kier alpha value is -2.14. The second kappa shape index (κ2) is 6.16. The number of aryl methyl sites for hydroxylation is 2. The molecule has 6 heteroatoms. The first-order valence-corrected chi connectivity index (χ1v) is 7.91. The van der Waals surface area contributed by atoms with Gasteiger partial charge in [0.2, 0.25) is 0 Å². The van der Waals surface area contributed by atoms with Crippen LogP contribution in [-0.2, 0) is 0 Å². The number of phenolic OH excluding ortho intramolecular Hbond substituents is 1. The molecule has 1 aromatic heterocycles. The van der Waals surface area contributed by atoms with Gasteiger partial charge in [0.05, 0.1) is 0 Å². The molecule has 5 nitrogen and oxygen atoms in total. The Morgan fingerprint density at radius 1 is 1.39 bits per heavy atom. The predicted molar refractivity (Wildman–Crippen MR) is 87.9 cm³/mol. The van der Waals surface area contributed by atoms with Crippen molar-refractivity contribution >= 4 is 17.5 Å². The van der Waals surface area contributed by atoms with Crippen molar-refractivity contribution in [2.24, 2.45) is 0 Å². The molecule has 1 saturated heterocycles.